The highest BCUT2D eigenvalue weighted by atomic mass is 35.5. The van der Waals surface area contributed by atoms with E-state index in [1.807, 2.05) is 31.2 Å². The zero-order valence-corrected chi connectivity index (χ0v) is 20.8. The summed E-state index contributed by atoms with van der Waals surface area (Å²) in [5, 5.41) is 5.16. The van der Waals surface area contributed by atoms with Gasteiger partial charge in [-0.2, -0.15) is 0 Å². The number of H-pyrrole nitrogens is 1. The number of nitrogens with zero attached hydrogens (tertiary/aromatic N) is 1. The van der Waals surface area contributed by atoms with Crippen LogP contribution in [0.5, 0.6) is 11.5 Å². The molecule has 0 amide bonds. The molecule has 9 heteroatoms. The number of rotatable bonds is 4. The maximum absolute atomic E-state index is 14.1. The molecule has 0 saturated heterocycles. The van der Waals surface area contributed by atoms with E-state index in [9.17, 15) is 8.78 Å². The molecule has 1 aliphatic carbocycles. The number of benzene rings is 2. The van der Waals surface area contributed by atoms with Crippen molar-refractivity contribution >= 4 is 46.6 Å². The van der Waals surface area contributed by atoms with Gasteiger partial charge in [-0.15, -0.1) is 24.8 Å². The summed E-state index contributed by atoms with van der Waals surface area (Å²) < 4.78 is 40.2. The van der Waals surface area contributed by atoms with E-state index >= 15 is 0 Å². The Balaban J connectivity index is 0.00000144. The molecular formula is C26H27Cl2F2N3O2. The molecule has 0 bridgehead atoms. The first-order chi connectivity index (χ1) is 16.0. The zero-order valence-electron chi connectivity index (χ0n) is 19.2. The third-order valence-corrected chi connectivity index (χ3v) is 6.75. The molecule has 35 heavy (non-hydrogen) atoms. The van der Waals surface area contributed by atoms with E-state index in [2.05, 4.69) is 15.3 Å². The van der Waals surface area contributed by atoms with Crippen LogP contribution in [0, 0.1) is 24.5 Å². The van der Waals surface area contributed by atoms with Crippen LogP contribution >= 0.6 is 24.8 Å². The Morgan fingerprint density at radius 2 is 1.94 bits per heavy atom. The molecule has 0 radical (unpaired) electrons. The Hall–Kier alpha value is -2.61. The summed E-state index contributed by atoms with van der Waals surface area (Å²) in [7, 11) is 0. The minimum absolute atomic E-state index is 0. The smallest absolute Gasteiger partial charge is 0.171 e. The quantitative estimate of drug-likeness (QED) is 0.362. The molecule has 0 unspecified atom stereocenters. The van der Waals surface area contributed by atoms with E-state index in [0.29, 0.717) is 30.0 Å². The second-order valence-corrected chi connectivity index (χ2v) is 9.12. The molecule has 5 nitrogen and oxygen atoms in total. The van der Waals surface area contributed by atoms with Gasteiger partial charge < -0.3 is 19.8 Å². The number of aromatic amines is 1. The standard InChI is InChI=1S/C26H25F2N3O2.2ClH/c1-14-2-4-18-22(30-14)6-7-24-26(18)33-17(13-32-24)12-29-11-15-3-5-23-19(8-15)20-9-16(27)10-21(28)25(20)31-23;;/h2,4,6-7,9-10,15,17,29,31H,3,5,8,11-13H2,1H3;2*1H/t15-,17-;;/m0../s1. The van der Waals surface area contributed by atoms with Gasteiger partial charge in [0.05, 0.1) is 11.0 Å². The van der Waals surface area contributed by atoms with Crippen molar-refractivity contribution in [1.29, 1.82) is 0 Å². The molecular weight excluding hydrogens is 495 g/mol. The predicted molar refractivity (Wildman–Crippen MR) is 137 cm³/mol. The normalized spacial score (nSPS) is 18.6. The van der Waals surface area contributed by atoms with Crippen molar-refractivity contribution in [2.45, 2.75) is 32.3 Å². The summed E-state index contributed by atoms with van der Waals surface area (Å²) in [6.45, 7) is 3.93. The Kier molecular flexibility index (Phi) is 7.40. The number of aryl methyl sites for hydroxylation is 2. The minimum atomic E-state index is -0.533. The average Bonchev–Trinajstić information content (AvgIpc) is 3.17. The predicted octanol–water partition coefficient (Wildman–Crippen LogP) is 5.68. The molecule has 2 aliphatic rings. The van der Waals surface area contributed by atoms with E-state index in [1.165, 1.54) is 6.07 Å². The lowest BCUT2D eigenvalue weighted by atomic mass is 9.86. The first kappa shape index (κ1) is 25.5. The van der Waals surface area contributed by atoms with E-state index in [4.69, 9.17) is 9.47 Å². The lowest BCUT2D eigenvalue weighted by Crippen LogP contribution is -2.40. The van der Waals surface area contributed by atoms with Crippen LogP contribution in [0.1, 0.15) is 23.4 Å². The summed E-state index contributed by atoms with van der Waals surface area (Å²) in [4.78, 5) is 7.74. The molecule has 3 heterocycles. The Bertz CT molecular complexity index is 1380. The molecule has 4 aromatic rings. The van der Waals surface area contributed by atoms with Gasteiger partial charge in [0.15, 0.2) is 11.5 Å². The van der Waals surface area contributed by atoms with Crippen LogP contribution in [0.2, 0.25) is 0 Å². The fourth-order valence-electron chi connectivity index (χ4n) is 5.11. The Labute approximate surface area is 214 Å². The number of fused-ring (bicyclic) bond motifs is 6. The van der Waals surface area contributed by atoms with Crippen LogP contribution in [-0.2, 0) is 12.8 Å². The summed E-state index contributed by atoms with van der Waals surface area (Å²) in [5.74, 6) is 0.843. The van der Waals surface area contributed by atoms with Gasteiger partial charge in [0.2, 0.25) is 0 Å². The summed E-state index contributed by atoms with van der Waals surface area (Å²) in [6.07, 6.45) is 2.54. The second-order valence-electron chi connectivity index (χ2n) is 9.12. The van der Waals surface area contributed by atoms with Crippen LogP contribution in [0.15, 0.2) is 36.4 Å². The van der Waals surface area contributed by atoms with Gasteiger partial charge >= 0.3 is 0 Å². The Morgan fingerprint density at radius 1 is 1.09 bits per heavy atom. The van der Waals surface area contributed by atoms with Gasteiger partial charge in [0, 0.05) is 34.8 Å². The van der Waals surface area contributed by atoms with Gasteiger partial charge in [-0.25, -0.2) is 8.78 Å². The largest absolute Gasteiger partial charge is 0.486 e. The number of nitrogens with one attached hydrogen (secondary N) is 2. The van der Waals surface area contributed by atoms with Crippen molar-refractivity contribution < 1.29 is 18.3 Å². The number of hydrogen-bond acceptors (Lipinski definition) is 4. The fraction of sp³-hybridized carbons (Fsp3) is 0.346. The van der Waals surface area contributed by atoms with E-state index in [0.717, 1.165) is 71.2 Å². The third kappa shape index (κ3) is 4.77. The molecule has 0 spiro atoms. The molecule has 2 atom stereocenters. The monoisotopic (exact) mass is 521 g/mol. The first-order valence-corrected chi connectivity index (χ1v) is 11.4. The van der Waals surface area contributed by atoms with Gasteiger partial charge in [0.25, 0.3) is 0 Å². The van der Waals surface area contributed by atoms with Crippen LogP contribution in [-0.4, -0.2) is 35.8 Å². The van der Waals surface area contributed by atoms with E-state index < -0.39 is 11.6 Å². The molecule has 0 saturated carbocycles. The van der Waals surface area contributed by atoms with Crippen molar-refractivity contribution in [2.75, 3.05) is 19.7 Å². The van der Waals surface area contributed by atoms with Crippen molar-refractivity contribution in [1.82, 2.24) is 15.3 Å². The second kappa shape index (κ2) is 10.2. The molecule has 0 fully saturated rings. The first-order valence-electron chi connectivity index (χ1n) is 11.4. The average molecular weight is 522 g/mol. The number of ether oxygens (including phenoxy) is 2. The Morgan fingerprint density at radius 3 is 2.80 bits per heavy atom. The number of pyridine rings is 1. The van der Waals surface area contributed by atoms with Crippen LogP contribution < -0.4 is 14.8 Å². The summed E-state index contributed by atoms with van der Waals surface area (Å²) in [5.41, 5.74) is 4.35. The number of halogens is 4. The van der Waals surface area contributed by atoms with Crippen molar-refractivity contribution in [2.24, 2.45) is 5.92 Å². The minimum Gasteiger partial charge on any atom is -0.486 e. The third-order valence-electron chi connectivity index (χ3n) is 6.75. The van der Waals surface area contributed by atoms with Gasteiger partial charge in [-0.3, -0.25) is 4.98 Å². The van der Waals surface area contributed by atoms with Crippen molar-refractivity contribution in [3.05, 3.63) is 65.0 Å². The summed E-state index contributed by atoms with van der Waals surface area (Å²) >= 11 is 0. The maximum atomic E-state index is 14.1. The fourth-order valence-corrected chi connectivity index (χ4v) is 5.11. The highest BCUT2D eigenvalue weighted by Crippen LogP contribution is 2.38. The highest BCUT2D eigenvalue weighted by Gasteiger charge is 2.26. The van der Waals surface area contributed by atoms with Gasteiger partial charge in [-0.1, -0.05) is 0 Å². The highest BCUT2D eigenvalue weighted by molar-refractivity contribution is 5.88. The van der Waals surface area contributed by atoms with Crippen LogP contribution in [0.25, 0.3) is 21.8 Å². The molecule has 2 aromatic heterocycles. The number of hydrogen-bond donors (Lipinski definition) is 2. The van der Waals surface area contributed by atoms with Gasteiger partial charge in [0.1, 0.15) is 24.3 Å². The maximum Gasteiger partial charge on any atom is 0.171 e. The summed E-state index contributed by atoms with van der Waals surface area (Å²) in [6, 6.07) is 10.3. The van der Waals surface area contributed by atoms with Crippen LogP contribution in [0.4, 0.5) is 8.78 Å². The molecule has 2 aromatic carbocycles. The molecule has 6 rings (SSSR count). The lowest BCUT2D eigenvalue weighted by Gasteiger charge is -2.29. The van der Waals surface area contributed by atoms with Crippen molar-refractivity contribution in [3.63, 3.8) is 0 Å². The van der Waals surface area contributed by atoms with E-state index in [-0.39, 0.29) is 30.9 Å². The number of aromatic nitrogens is 2. The topological polar surface area (TPSA) is 59.2 Å². The molecule has 2 N–H and O–H groups in total. The molecule has 186 valence electrons. The molecule has 1 aliphatic heterocycles. The zero-order chi connectivity index (χ0) is 22.5. The van der Waals surface area contributed by atoms with Crippen LogP contribution in [0.3, 0.4) is 0 Å². The van der Waals surface area contributed by atoms with Gasteiger partial charge in [-0.05, 0) is 74.5 Å². The lowest BCUT2D eigenvalue weighted by molar-refractivity contribution is 0.0915. The SMILES string of the molecule is Cc1ccc2c3c(ccc2n1)OC[C@H](CNC[C@H]1CCc2[nH]c4c(F)cc(F)cc4c2C1)O3.Cl.Cl. The van der Waals surface area contributed by atoms with Crippen molar-refractivity contribution in [3.8, 4) is 11.5 Å². The van der Waals surface area contributed by atoms with E-state index in [1.54, 1.807) is 0 Å².